The van der Waals surface area contributed by atoms with Gasteiger partial charge in [0.15, 0.2) is 5.16 Å². The van der Waals surface area contributed by atoms with Crippen LogP contribution in [0.5, 0.6) is 0 Å². The van der Waals surface area contributed by atoms with E-state index in [4.69, 9.17) is 5.11 Å². The largest absolute Gasteiger partial charge is 0.481 e. The topological polar surface area (TPSA) is 68.0 Å². The van der Waals surface area contributed by atoms with Crippen molar-refractivity contribution in [2.45, 2.75) is 24.0 Å². The molecule has 0 aliphatic heterocycles. The van der Waals surface area contributed by atoms with Gasteiger partial charge in [-0.25, -0.2) is 8.78 Å². The van der Waals surface area contributed by atoms with E-state index < -0.39 is 30.6 Å². The number of rotatable bonds is 6. The van der Waals surface area contributed by atoms with Crippen molar-refractivity contribution in [2.75, 3.05) is 5.75 Å². The van der Waals surface area contributed by atoms with E-state index in [-0.39, 0.29) is 5.16 Å². The lowest BCUT2D eigenvalue weighted by Crippen LogP contribution is -2.32. The summed E-state index contributed by atoms with van der Waals surface area (Å²) in [6.07, 6.45) is -2.96. The molecule has 0 aromatic carbocycles. The maximum Gasteiger partial charge on any atom is 0.324 e. The van der Waals surface area contributed by atoms with Gasteiger partial charge in [0.25, 0.3) is 0 Å². The molecule has 0 fully saturated rings. The van der Waals surface area contributed by atoms with E-state index >= 15 is 0 Å². The lowest BCUT2D eigenvalue weighted by Gasteiger charge is -2.16. The van der Waals surface area contributed by atoms with E-state index in [2.05, 4.69) is 10.2 Å². The van der Waals surface area contributed by atoms with Gasteiger partial charge in [-0.05, 0) is 0 Å². The highest BCUT2D eigenvalue weighted by atomic mass is 32.2. The SMILES string of the molecule is O=C(O)CSc1nncn1CC(F)(F)C(F)F. The first-order valence-electron chi connectivity index (χ1n) is 4.21. The highest BCUT2D eigenvalue weighted by molar-refractivity contribution is 7.99. The lowest BCUT2D eigenvalue weighted by molar-refractivity contribution is -0.138. The Kier molecular flexibility index (Phi) is 4.32. The number of carboxylic acids is 1. The Morgan fingerprint density at radius 3 is 2.76 bits per heavy atom. The molecule has 10 heteroatoms. The van der Waals surface area contributed by atoms with Crippen molar-refractivity contribution in [3.8, 4) is 0 Å². The molecule has 1 heterocycles. The molecule has 5 nitrogen and oxygen atoms in total. The minimum Gasteiger partial charge on any atom is -0.481 e. The van der Waals surface area contributed by atoms with Gasteiger partial charge in [-0.1, -0.05) is 11.8 Å². The van der Waals surface area contributed by atoms with Gasteiger partial charge in [0, 0.05) is 0 Å². The van der Waals surface area contributed by atoms with Crippen LogP contribution in [0.4, 0.5) is 17.6 Å². The number of aromatic nitrogens is 3. The second-order valence-electron chi connectivity index (χ2n) is 2.99. The normalized spacial score (nSPS) is 12.1. The zero-order valence-electron chi connectivity index (χ0n) is 8.19. The maximum atomic E-state index is 12.7. The highest BCUT2D eigenvalue weighted by Gasteiger charge is 2.41. The third-order valence-electron chi connectivity index (χ3n) is 1.61. The molecule has 0 saturated heterocycles. The number of hydrogen-bond acceptors (Lipinski definition) is 4. The van der Waals surface area contributed by atoms with Crippen LogP contribution in [0.15, 0.2) is 11.5 Å². The number of carbonyl (C=O) groups is 1. The van der Waals surface area contributed by atoms with Gasteiger partial charge in [-0.3, -0.25) is 4.79 Å². The Balaban J connectivity index is 2.72. The third kappa shape index (κ3) is 3.88. The van der Waals surface area contributed by atoms with Crippen LogP contribution in [0.25, 0.3) is 0 Å². The summed E-state index contributed by atoms with van der Waals surface area (Å²) in [6.45, 7) is -1.29. The van der Waals surface area contributed by atoms with Crippen molar-refractivity contribution in [3.05, 3.63) is 6.33 Å². The summed E-state index contributed by atoms with van der Waals surface area (Å²) < 4.78 is 50.1. The van der Waals surface area contributed by atoms with Gasteiger partial charge in [-0.15, -0.1) is 10.2 Å². The Morgan fingerprint density at radius 1 is 1.59 bits per heavy atom. The molecule has 1 N–H and O–H groups in total. The molecule has 0 saturated carbocycles. The van der Waals surface area contributed by atoms with Crippen LogP contribution in [-0.4, -0.2) is 43.9 Å². The molecule has 1 rings (SSSR count). The predicted molar refractivity (Wildman–Crippen MR) is 49.3 cm³/mol. The minimum atomic E-state index is -4.21. The predicted octanol–water partition coefficient (Wildman–Crippen LogP) is 1.36. The molecular formula is C7H7F4N3O2S. The van der Waals surface area contributed by atoms with E-state index in [1.54, 1.807) is 0 Å². The first-order valence-corrected chi connectivity index (χ1v) is 5.20. The van der Waals surface area contributed by atoms with Gasteiger partial charge < -0.3 is 9.67 Å². The molecule has 0 spiro atoms. The van der Waals surface area contributed by atoms with E-state index in [1.165, 1.54) is 0 Å². The fraction of sp³-hybridized carbons (Fsp3) is 0.571. The molecule has 0 amide bonds. The Bertz CT molecular complexity index is 398. The molecule has 96 valence electrons. The minimum absolute atomic E-state index is 0.146. The van der Waals surface area contributed by atoms with Gasteiger partial charge in [0.2, 0.25) is 0 Å². The van der Waals surface area contributed by atoms with Crippen molar-refractivity contribution in [1.29, 1.82) is 0 Å². The van der Waals surface area contributed by atoms with Crippen LogP contribution in [-0.2, 0) is 11.3 Å². The van der Waals surface area contributed by atoms with Crippen LogP contribution < -0.4 is 0 Å². The summed E-state index contributed by atoms with van der Waals surface area (Å²) in [5, 5.41) is 14.9. The van der Waals surface area contributed by atoms with Crippen molar-refractivity contribution in [1.82, 2.24) is 14.8 Å². The fourth-order valence-corrected chi connectivity index (χ4v) is 1.52. The van der Waals surface area contributed by atoms with Crippen molar-refractivity contribution >= 4 is 17.7 Å². The van der Waals surface area contributed by atoms with E-state index in [0.29, 0.717) is 16.3 Å². The van der Waals surface area contributed by atoms with Gasteiger partial charge in [-0.2, -0.15) is 8.78 Å². The molecule has 1 aromatic heterocycles. The molecule has 0 aliphatic rings. The molecule has 0 unspecified atom stereocenters. The molecule has 0 radical (unpaired) electrons. The van der Waals surface area contributed by atoms with Crippen LogP contribution in [0.2, 0.25) is 0 Å². The molecule has 0 bridgehead atoms. The van der Waals surface area contributed by atoms with Crippen molar-refractivity contribution in [3.63, 3.8) is 0 Å². The number of carboxylic acid groups (broad SMARTS) is 1. The standard InChI is InChI=1S/C7H7F4N3O2S/c8-5(9)7(10,11)2-14-3-12-13-6(14)17-1-4(15)16/h3,5H,1-2H2,(H,15,16). The smallest absolute Gasteiger partial charge is 0.324 e. The number of nitrogens with zero attached hydrogens (tertiary/aromatic N) is 3. The molecule has 17 heavy (non-hydrogen) atoms. The zero-order chi connectivity index (χ0) is 13.1. The number of alkyl halides is 4. The number of halogens is 4. The summed E-state index contributed by atoms with van der Waals surface area (Å²) >= 11 is 0.626. The first kappa shape index (κ1) is 13.7. The van der Waals surface area contributed by atoms with E-state index in [1.807, 2.05) is 0 Å². The average molecular weight is 273 g/mol. The Hall–Kier alpha value is -1.32. The van der Waals surface area contributed by atoms with Gasteiger partial charge >= 0.3 is 18.3 Å². The molecular weight excluding hydrogens is 266 g/mol. The quantitative estimate of drug-likeness (QED) is 0.626. The Labute approximate surface area is 96.8 Å². The van der Waals surface area contributed by atoms with Gasteiger partial charge in [0.05, 0.1) is 12.3 Å². The second-order valence-corrected chi connectivity index (χ2v) is 3.93. The van der Waals surface area contributed by atoms with Gasteiger partial charge in [0.1, 0.15) is 6.33 Å². The van der Waals surface area contributed by atoms with Crippen LogP contribution in [0, 0.1) is 0 Å². The maximum absolute atomic E-state index is 12.7. The fourth-order valence-electron chi connectivity index (χ4n) is 0.887. The number of thioether (sulfide) groups is 1. The lowest BCUT2D eigenvalue weighted by atomic mass is 10.3. The zero-order valence-corrected chi connectivity index (χ0v) is 9.00. The summed E-state index contributed by atoms with van der Waals surface area (Å²) in [5.41, 5.74) is 0. The highest BCUT2D eigenvalue weighted by Crippen LogP contribution is 2.26. The molecule has 1 aromatic rings. The number of aliphatic carboxylic acids is 1. The van der Waals surface area contributed by atoms with E-state index in [0.717, 1.165) is 6.33 Å². The summed E-state index contributed by atoms with van der Waals surface area (Å²) in [6, 6.07) is 0. The summed E-state index contributed by atoms with van der Waals surface area (Å²) in [4.78, 5) is 10.3. The monoisotopic (exact) mass is 273 g/mol. The Morgan fingerprint density at radius 2 is 2.24 bits per heavy atom. The number of hydrogen-bond donors (Lipinski definition) is 1. The van der Waals surface area contributed by atoms with Crippen LogP contribution in [0.1, 0.15) is 0 Å². The van der Waals surface area contributed by atoms with Crippen LogP contribution in [0.3, 0.4) is 0 Å². The van der Waals surface area contributed by atoms with Crippen molar-refractivity contribution in [2.24, 2.45) is 0 Å². The molecule has 0 atom stereocenters. The second kappa shape index (κ2) is 5.34. The average Bonchev–Trinajstić information content (AvgIpc) is 2.61. The first-order chi connectivity index (χ1) is 7.83. The third-order valence-corrected chi connectivity index (χ3v) is 2.57. The molecule has 0 aliphatic carbocycles. The van der Waals surface area contributed by atoms with Crippen molar-refractivity contribution < 1.29 is 27.5 Å². The van der Waals surface area contributed by atoms with Crippen LogP contribution >= 0.6 is 11.8 Å². The summed E-state index contributed by atoms with van der Waals surface area (Å²) in [5.74, 6) is -5.80. The van der Waals surface area contributed by atoms with E-state index in [9.17, 15) is 22.4 Å². The summed E-state index contributed by atoms with van der Waals surface area (Å²) in [7, 11) is 0.